The molecule has 0 aromatic carbocycles. The van der Waals surface area contributed by atoms with E-state index in [0.29, 0.717) is 11.3 Å². The predicted octanol–water partition coefficient (Wildman–Crippen LogP) is 2.90. The van der Waals surface area contributed by atoms with Gasteiger partial charge in [0.1, 0.15) is 0 Å². The third-order valence-electron chi connectivity index (χ3n) is 5.28. The van der Waals surface area contributed by atoms with Crippen LogP contribution in [0.5, 0.6) is 0 Å². The Morgan fingerprint density at radius 3 is 2.11 bits per heavy atom. The zero-order chi connectivity index (χ0) is 13.7. The van der Waals surface area contributed by atoms with E-state index in [0.717, 1.165) is 32.4 Å². The molecule has 110 valence electrons. The molecule has 1 amide bonds. The molecular formula is C16H30N2O. The Morgan fingerprint density at radius 1 is 1.00 bits per heavy atom. The summed E-state index contributed by atoms with van der Waals surface area (Å²) in [6.45, 7) is 10.1. The SMILES string of the molecule is CCCCC(=O)N1CCC2(CCN(CC)CC2)CC1. The van der Waals surface area contributed by atoms with Crippen molar-refractivity contribution >= 4 is 5.91 Å². The van der Waals surface area contributed by atoms with Crippen LogP contribution in [-0.4, -0.2) is 48.4 Å². The Balaban J connectivity index is 1.77. The highest BCUT2D eigenvalue weighted by atomic mass is 16.2. The molecule has 2 fully saturated rings. The van der Waals surface area contributed by atoms with Gasteiger partial charge in [0.2, 0.25) is 5.91 Å². The molecule has 0 aliphatic carbocycles. The minimum atomic E-state index is 0.391. The van der Waals surface area contributed by atoms with Crippen LogP contribution < -0.4 is 0 Å². The molecule has 3 heteroatoms. The summed E-state index contributed by atoms with van der Waals surface area (Å²) in [5.41, 5.74) is 0.563. The van der Waals surface area contributed by atoms with E-state index < -0.39 is 0 Å². The molecule has 0 bridgehead atoms. The van der Waals surface area contributed by atoms with Gasteiger partial charge in [-0.2, -0.15) is 0 Å². The van der Waals surface area contributed by atoms with Crippen LogP contribution in [-0.2, 0) is 4.79 Å². The first-order valence-electron chi connectivity index (χ1n) is 8.19. The van der Waals surface area contributed by atoms with Crippen molar-refractivity contribution in [1.29, 1.82) is 0 Å². The standard InChI is InChI=1S/C16H30N2O/c1-3-5-6-15(19)18-13-9-16(10-14-18)7-11-17(4-2)12-8-16/h3-14H2,1-2H3. The van der Waals surface area contributed by atoms with Crippen molar-refractivity contribution in [3.05, 3.63) is 0 Å². The molecule has 2 aliphatic heterocycles. The zero-order valence-corrected chi connectivity index (χ0v) is 12.8. The second-order valence-corrected chi connectivity index (χ2v) is 6.42. The van der Waals surface area contributed by atoms with E-state index in [1.165, 1.54) is 45.3 Å². The highest BCUT2D eigenvalue weighted by Gasteiger charge is 2.37. The molecule has 2 heterocycles. The molecule has 0 N–H and O–H groups in total. The normalized spacial score (nSPS) is 23.8. The minimum absolute atomic E-state index is 0.391. The first-order chi connectivity index (χ1) is 9.19. The zero-order valence-electron chi connectivity index (χ0n) is 12.8. The van der Waals surface area contributed by atoms with Gasteiger partial charge in [0.15, 0.2) is 0 Å². The van der Waals surface area contributed by atoms with Gasteiger partial charge in [-0.25, -0.2) is 0 Å². The summed E-state index contributed by atoms with van der Waals surface area (Å²) in [5.74, 6) is 0.391. The highest BCUT2D eigenvalue weighted by molar-refractivity contribution is 5.76. The maximum Gasteiger partial charge on any atom is 0.222 e. The van der Waals surface area contributed by atoms with Gasteiger partial charge >= 0.3 is 0 Å². The van der Waals surface area contributed by atoms with Crippen LogP contribution in [0.3, 0.4) is 0 Å². The molecule has 0 aromatic heterocycles. The largest absolute Gasteiger partial charge is 0.343 e. The molecule has 0 unspecified atom stereocenters. The van der Waals surface area contributed by atoms with Crippen molar-refractivity contribution in [2.45, 2.75) is 58.8 Å². The maximum atomic E-state index is 12.0. The molecule has 1 spiro atoms. The summed E-state index contributed by atoms with van der Waals surface area (Å²) >= 11 is 0. The van der Waals surface area contributed by atoms with Crippen molar-refractivity contribution in [2.24, 2.45) is 5.41 Å². The van der Waals surface area contributed by atoms with E-state index in [-0.39, 0.29) is 0 Å². The molecule has 2 aliphatic rings. The van der Waals surface area contributed by atoms with E-state index >= 15 is 0 Å². The predicted molar refractivity (Wildman–Crippen MR) is 79.1 cm³/mol. The van der Waals surface area contributed by atoms with Gasteiger partial charge in [-0.15, -0.1) is 0 Å². The second-order valence-electron chi connectivity index (χ2n) is 6.42. The number of piperidine rings is 2. The maximum absolute atomic E-state index is 12.0. The van der Waals surface area contributed by atoms with Gasteiger partial charge < -0.3 is 9.80 Å². The summed E-state index contributed by atoms with van der Waals surface area (Å²) in [7, 11) is 0. The van der Waals surface area contributed by atoms with E-state index in [9.17, 15) is 4.79 Å². The lowest BCUT2D eigenvalue weighted by molar-refractivity contribution is -0.134. The van der Waals surface area contributed by atoms with Gasteiger partial charge in [0.25, 0.3) is 0 Å². The Hall–Kier alpha value is -0.570. The molecule has 0 saturated carbocycles. The second kappa shape index (κ2) is 6.74. The molecular weight excluding hydrogens is 236 g/mol. The number of carbonyl (C=O) groups is 1. The van der Waals surface area contributed by atoms with Crippen LogP contribution in [0.2, 0.25) is 0 Å². The fourth-order valence-electron chi connectivity index (χ4n) is 3.56. The summed E-state index contributed by atoms with van der Waals surface area (Å²) < 4.78 is 0. The quantitative estimate of drug-likeness (QED) is 0.781. The van der Waals surface area contributed by atoms with Crippen molar-refractivity contribution in [3.8, 4) is 0 Å². The third kappa shape index (κ3) is 3.71. The summed E-state index contributed by atoms with van der Waals surface area (Å²) in [5, 5.41) is 0. The number of nitrogens with zero attached hydrogens (tertiary/aromatic N) is 2. The van der Waals surface area contributed by atoms with Crippen molar-refractivity contribution < 1.29 is 4.79 Å². The first-order valence-corrected chi connectivity index (χ1v) is 8.19. The first kappa shape index (κ1) is 14.8. The molecule has 0 aromatic rings. The molecule has 2 rings (SSSR count). The van der Waals surface area contributed by atoms with Crippen LogP contribution in [0.1, 0.15) is 58.8 Å². The van der Waals surface area contributed by atoms with Gasteiger partial charge in [-0.1, -0.05) is 20.3 Å². The van der Waals surface area contributed by atoms with E-state index in [4.69, 9.17) is 0 Å². The number of carbonyl (C=O) groups excluding carboxylic acids is 1. The van der Waals surface area contributed by atoms with Crippen LogP contribution in [0.15, 0.2) is 0 Å². The van der Waals surface area contributed by atoms with Crippen LogP contribution >= 0.6 is 0 Å². The van der Waals surface area contributed by atoms with Crippen LogP contribution in [0, 0.1) is 5.41 Å². The summed E-state index contributed by atoms with van der Waals surface area (Å²) in [6, 6.07) is 0. The molecule has 19 heavy (non-hydrogen) atoms. The number of hydrogen-bond acceptors (Lipinski definition) is 2. The average molecular weight is 266 g/mol. The number of amides is 1. The Kier molecular flexibility index (Phi) is 5.26. The lowest BCUT2D eigenvalue weighted by atomic mass is 9.71. The lowest BCUT2D eigenvalue weighted by Crippen LogP contribution is -2.48. The number of hydrogen-bond donors (Lipinski definition) is 0. The Labute approximate surface area is 118 Å². The van der Waals surface area contributed by atoms with E-state index in [1.807, 2.05) is 0 Å². The fourth-order valence-corrected chi connectivity index (χ4v) is 3.56. The molecule has 0 atom stereocenters. The molecule has 3 nitrogen and oxygen atoms in total. The summed E-state index contributed by atoms with van der Waals surface area (Å²) in [4.78, 5) is 16.7. The van der Waals surface area contributed by atoms with Crippen LogP contribution in [0.4, 0.5) is 0 Å². The smallest absolute Gasteiger partial charge is 0.222 e. The van der Waals surface area contributed by atoms with Gasteiger partial charge in [0.05, 0.1) is 0 Å². The van der Waals surface area contributed by atoms with Gasteiger partial charge in [-0.05, 0) is 57.2 Å². The Morgan fingerprint density at radius 2 is 1.58 bits per heavy atom. The fraction of sp³-hybridized carbons (Fsp3) is 0.938. The van der Waals surface area contributed by atoms with Crippen LogP contribution in [0.25, 0.3) is 0 Å². The van der Waals surface area contributed by atoms with Gasteiger partial charge in [-0.3, -0.25) is 4.79 Å². The average Bonchev–Trinajstić information content (AvgIpc) is 2.46. The lowest BCUT2D eigenvalue weighted by Gasteiger charge is -2.46. The summed E-state index contributed by atoms with van der Waals surface area (Å²) in [6.07, 6.45) is 8.09. The van der Waals surface area contributed by atoms with E-state index in [1.54, 1.807) is 0 Å². The highest BCUT2D eigenvalue weighted by Crippen LogP contribution is 2.41. The number of rotatable bonds is 4. The monoisotopic (exact) mass is 266 g/mol. The Bertz CT molecular complexity index is 285. The third-order valence-corrected chi connectivity index (χ3v) is 5.28. The van der Waals surface area contributed by atoms with Crippen molar-refractivity contribution in [1.82, 2.24) is 9.80 Å². The molecule has 2 saturated heterocycles. The van der Waals surface area contributed by atoms with E-state index in [2.05, 4.69) is 23.6 Å². The number of likely N-dealkylation sites (tertiary alicyclic amines) is 2. The minimum Gasteiger partial charge on any atom is -0.343 e. The topological polar surface area (TPSA) is 23.6 Å². The van der Waals surface area contributed by atoms with Gasteiger partial charge in [0, 0.05) is 19.5 Å². The van der Waals surface area contributed by atoms with Crippen molar-refractivity contribution in [3.63, 3.8) is 0 Å². The molecule has 0 radical (unpaired) electrons. The van der Waals surface area contributed by atoms with Crippen molar-refractivity contribution in [2.75, 3.05) is 32.7 Å². The number of unbranched alkanes of at least 4 members (excludes halogenated alkanes) is 1.